The van der Waals surface area contributed by atoms with Crippen LogP contribution in [-0.2, 0) is 11.2 Å². The fraction of sp³-hybridized carbons (Fsp3) is 0.583. The molecule has 6 heteroatoms. The average Bonchev–Trinajstić information content (AvgIpc) is 2.29. The first-order valence-electron chi connectivity index (χ1n) is 5.78. The number of ether oxygens (including phenoxy) is 1. The van der Waals surface area contributed by atoms with Crippen molar-refractivity contribution in [1.29, 1.82) is 0 Å². The summed E-state index contributed by atoms with van der Waals surface area (Å²) >= 11 is 0. The number of rotatable bonds is 7. The molecule has 1 aromatic heterocycles. The van der Waals surface area contributed by atoms with E-state index >= 15 is 0 Å². The zero-order valence-corrected chi connectivity index (χ0v) is 10.2. The van der Waals surface area contributed by atoms with E-state index in [4.69, 9.17) is 0 Å². The molecular weight excluding hydrogens is 245 g/mol. The number of hydrogen-bond acceptors (Lipinski definition) is 3. The van der Waals surface area contributed by atoms with Gasteiger partial charge in [0.15, 0.2) is 0 Å². The second-order valence-electron chi connectivity index (χ2n) is 3.94. The monoisotopic (exact) mass is 262 g/mol. The Hall–Kier alpha value is -1.14. The van der Waals surface area contributed by atoms with Crippen molar-refractivity contribution in [1.82, 2.24) is 10.3 Å². The van der Waals surface area contributed by atoms with Gasteiger partial charge in [0, 0.05) is 18.4 Å². The lowest BCUT2D eigenvalue weighted by molar-refractivity contribution is -0.175. The standard InChI is InChI=1S/C12H17F3N2O/c1-2-17-11(8-18-9-12(13,14)15)7-10-3-5-16-6-4-10/h3-6,11,17H,2,7-9H2,1H3. The molecule has 1 rings (SSSR count). The van der Waals surface area contributed by atoms with Gasteiger partial charge in [0.2, 0.25) is 0 Å². The summed E-state index contributed by atoms with van der Waals surface area (Å²) in [5, 5.41) is 3.10. The van der Waals surface area contributed by atoms with Crippen LogP contribution < -0.4 is 5.32 Å². The minimum atomic E-state index is -4.27. The Balaban J connectivity index is 2.40. The van der Waals surface area contributed by atoms with E-state index in [2.05, 4.69) is 15.0 Å². The van der Waals surface area contributed by atoms with Crippen molar-refractivity contribution >= 4 is 0 Å². The highest BCUT2D eigenvalue weighted by molar-refractivity contribution is 5.11. The molecule has 18 heavy (non-hydrogen) atoms. The summed E-state index contributed by atoms with van der Waals surface area (Å²) in [6.45, 7) is 1.43. The number of halogens is 3. The minimum absolute atomic E-state index is 0.0374. The van der Waals surface area contributed by atoms with Crippen LogP contribution in [-0.4, -0.2) is 37.0 Å². The molecule has 0 aromatic carbocycles. The molecule has 1 unspecified atom stereocenters. The van der Waals surface area contributed by atoms with Crippen LogP contribution in [0.3, 0.4) is 0 Å². The van der Waals surface area contributed by atoms with Crippen LogP contribution in [0.25, 0.3) is 0 Å². The third-order valence-corrected chi connectivity index (χ3v) is 2.31. The van der Waals surface area contributed by atoms with Gasteiger partial charge in [0.25, 0.3) is 0 Å². The van der Waals surface area contributed by atoms with Crippen molar-refractivity contribution in [2.75, 3.05) is 19.8 Å². The van der Waals surface area contributed by atoms with Gasteiger partial charge in [-0.15, -0.1) is 0 Å². The van der Waals surface area contributed by atoms with Crippen LogP contribution in [0.4, 0.5) is 13.2 Å². The molecule has 1 aromatic rings. The number of likely N-dealkylation sites (N-methyl/N-ethyl adjacent to an activating group) is 1. The molecule has 0 radical (unpaired) electrons. The zero-order chi connectivity index (χ0) is 13.4. The van der Waals surface area contributed by atoms with E-state index in [1.165, 1.54) is 0 Å². The van der Waals surface area contributed by atoms with Gasteiger partial charge >= 0.3 is 6.18 Å². The molecule has 0 bridgehead atoms. The Bertz CT molecular complexity index is 330. The predicted octanol–water partition coefficient (Wildman–Crippen LogP) is 2.18. The Kier molecular flexibility index (Phi) is 6.07. The summed E-state index contributed by atoms with van der Waals surface area (Å²) in [5.41, 5.74) is 1.02. The molecule has 1 atom stereocenters. The van der Waals surface area contributed by atoms with Crippen molar-refractivity contribution < 1.29 is 17.9 Å². The molecule has 3 nitrogen and oxygen atoms in total. The van der Waals surface area contributed by atoms with Crippen LogP contribution in [0, 0.1) is 0 Å². The van der Waals surface area contributed by atoms with Crippen molar-refractivity contribution in [2.45, 2.75) is 25.6 Å². The molecular formula is C12H17F3N2O. The Morgan fingerprint density at radius 2 is 2.00 bits per heavy atom. The van der Waals surface area contributed by atoms with Crippen LogP contribution >= 0.6 is 0 Å². The number of aromatic nitrogens is 1. The maximum absolute atomic E-state index is 12.0. The number of hydrogen-bond donors (Lipinski definition) is 1. The van der Waals surface area contributed by atoms with E-state index in [-0.39, 0.29) is 12.6 Å². The van der Waals surface area contributed by atoms with E-state index < -0.39 is 12.8 Å². The highest BCUT2D eigenvalue weighted by atomic mass is 19.4. The molecule has 0 spiro atoms. The summed E-state index contributed by atoms with van der Waals surface area (Å²) in [6, 6.07) is 3.56. The molecule has 102 valence electrons. The number of nitrogens with zero attached hydrogens (tertiary/aromatic N) is 1. The van der Waals surface area contributed by atoms with E-state index in [0.29, 0.717) is 13.0 Å². The van der Waals surface area contributed by atoms with E-state index in [9.17, 15) is 13.2 Å². The van der Waals surface area contributed by atoms with Crippen LogP contribution in [0.15, 0.2) is 24.5 Å². The topological polar surface area (TPSA) is 34.1 Å². The van der Waals surface area contributed by atoms with E-state index in [1.54, 1.807) is 12.4 Å². The first-order valence-corrected chi connectivity index (χ1v) is 5.78. The highest BCUT2D eigenvalue weighted by Crippen LogP contribution is 2.14. The van der Waals surface area contributed by atoms with Crippen molar-refractivity contribution in [3.05, 3.63) is 30.1 Å². The summed E-state index contributed by atoms with van der Waals surface area (Å²) in [5.74, 6) is 0. The third kappa shape index (κ3) is 6.56. The fourth-order valence-electron chi connectivity index (χ4n) is 1.60. The molecule has 0 saturated carbocycles. The zero-order valence-electron chi connectivity index (χ0n) is 10.2. The van der Waals surface area contributed by atoms with Gasteiger partial charge in [-0.2, -0.15) is 13.2 Å². The smallest absolute Gasteiger partial charge is 0.370 e. The lowest BCUT2D eigenvalue weighted by Gasteiger charge is -2.18. The van der Waals surface area contributed by atoms with E-state index in [0.717, 1.165) is 5.56 Å². The SMILES string of the molecule is CCNC(COCC(F)(F)F)Cc1ccncc1. The largest absolute Gasteiger partial charge is 0.411 e. The lowest BCUT2D eigenvalue weighted by atomic mass is 10.1. The van der Waals surface area contributed by atoms with Crippen molar-refractivity contribution in [3.63, 3.8) is 0 Å². The van der Waals surface area contributed by atoms with Gasteiger partial charge in [-0.1, -0.05) is 6.92 Å². The van der Waals surface area contributed by atoms with Crippen LogP contribution in [0.1, 0.15) is 12.5 Å². The molecule has 1 heterocycles. The second kappa shape index (κ2) is 7.33. The Labute approximate surface area is 104 Å². The molecule has 0 aliphatic carbocycles. The Morgan fingerprint density at radius 1 is 1.33 bits per heavy atom. The average molecular weight is 262 g/mol. The molecule has 0 aliphatic rings. The molecule has 0 amide bonds. The van der Waals surface area contributed by atoms with Crippen molar-refractivity contribution in [3.8, 4) is 0 Å². The molecule has 1 N–H and O–H groups in total. The Morgan fingerprint density at radius 3 is 2.56 bits per heavy atom. The lowest BCUT2D eigenvalue weighted by Crippen LogP contribution is -2.36. The first kappa shape index (κ1) is 14.9. The minimum Gasteiger partial charge on any atom is -0.370 e. The highest BCUT2D eigenvalue weighted by Gasteiger charge is 2.27. The molecule has 0 saturated heterocycles. The van der Waals surface area contributed by atoms with Gasteiger partial charge in [-0.3, -0.25) is 4.98 Å². The van der Waals surface area contributed by atoms with Crippen LogP contribution in [0.5, 0.6) is 0 Å². The second-order valence-corrected chi connectivity index (χ2v) is 3.94. The van der Waals surface area contributed by atoms with Crippen LogP contribution in [0.2, 0.25) is 0 Å². The third-order valence-electron chi connectivity index (χ3n) is 2.31. The van der Waals surface area contributed by atoms with Gasteiger partial charge < -0.3 is 10.1 Å². The number of nitrogens with one attached hydrogen (secondary N) is 1. The predicted molar refractivity (Wildman–Crippen MR) is 62.3 cm³/mol. The van der Waals surface area contributed by atoms with Gasteiger partial charge in [0.1, 0.15) is 6.61 Å². The summed E-state index contributed by atoms with van der Waals surface area (Å²) in [6.07, 6.45) is -0.328. The maximum Gasteiger partial charge on any atom is 0.411 e. The van der Waals surface area contributed by atoms with E-state index in [1.807, 2.05) is 19.1 Å². The van der Waals surface area contributed by atoms with Gasteiger partial charge in [0.05, 0.1) is 6.61 Å². The number of alkyl halides is 3. The molecule has 0 aliphatic heterocycles. The van der Waals surface area contributed by atoms with Crippen molar-refractivity contribution in [2.24, 2.45) is 0 Å². The van der Waals surface area contributed by atoms with Gasteiger partial charge in [-0.05, 0) is 30.7 Å². The quantitative estimate of drug-likeness (QED) is 0.818. The maximum atomic E-state index is 12.0. The number of pyridine rings is 1. The summed E-state index contributed by atoms with van der Waals surface area (Å²) < 4.78 is 40.6. The molecule has 0 fully saturated rings. The normalized spacial score (nSPS) is 13.6. The van der Waals surface area contributed by atoms with Gasteiger partial charge in [-0.25, -0.2) is 0 Å². The fourth-order valence-corrected chi connectivity index (χ4v) is 1.60. The summed E-state index contributed by atoms with van der Waals surface area (Å²) in [7, 11) is 0. The summed E-state index contributed by atoms with van der Waals surface area (Å²) in [4.78, 5) is 3.89. The first-order chi connectivity index (χ1) is 8.51.